The Balaban J connectivity index is 1.67. The van der Waals surface area contributed by atoms with Gasteiger partial charge >= 0.3 is 0 Å². The van der Waals surface area contributed by atoms with Gasteiger partial charge in [-0.25, -0.2) is 0 Å². The molecule has 1 aliphatic rings. The van der Waals surface area contributed by atoms with Gasteiger partial charge in [-0.05, 0) is 25.3 Å². The number of rotatable bonds is 5. The third kappa shape index (κ3) is 4.73. The molecule has 0 atom stereocenters. The van der Waals surface area contributed by atoms with E-state index in [-0.39, 0.29) is 12.5 Å². The fraction of sp³-hybridized carbons (Fsp3) is 0.467. The van der Waals surface area contributed by atoms with Crippen LogP contribution in [-0.2, 0) is 9.63 Å². The first-order valence-electron chi connectivity index (χ1n) is 6.75. The molecule has 1 fully saturated rings. The minimum Gasteiger partial charge on any atom is -0.386 e. The summed E-state index contributed by atoms with van der Waals surface area (Å²) in [6, 6.07) is 8.27. The van der Waals surface area contributed by atoms with Crippen molar-refractivity contribution in [3.63, 3.8) is 0 Å². The van der Waals surface area contributed by atoms with Gasteiger partial charge in [0.15, 0.2) is 6.61 Å². The summed E-state index contributed by atoms with van der Waals surface area (Å²) in [5.74, 6) is -0.0899. The topological polar surface area (TPSA) is 50.7 Å². The van der Waals surface area contributed by atoms with Crippen molar-refractivity contribution in [1.82, 2.24) is 5.32 Å². The third-order valence-corrected chi connectivity index (χ3v) is 3.27. The lowest BCUT2D eigenvalue weighted by Crippen LogP contribution is -2.34. The van der Waals surface area contributed by atoms with Crippen molar-refractivity contribution >= 4 is 12.1 Å². The number of amides is 1. The van der Waals surface area contributed by atoms with Gasteiger partial charge in [0.05, 0.1) is 6.21 Å². The number of carbonyl (C=O) groups is 1. The van der Waals surface area contributed by atoms with Gasteiger partial charge in [0.1, 0.15) is 0 Å². The van der Waals surface area contributed by atoms with Crippen molar-refractivity contribution in [2.24, 2.45) is 5.16 Å². The van der Waals surface area contributed by atoms with E-state index in [2.05, 4.69) is 10.5 Å². The van der Waals surface area contributed by atoms with Crippen LogP contribution in [0.5, 0.6) is 0 Å². The molecule has 0 heterocycles. The molecule has 0 saturated heterocycles. The van der Waals surface area contributed by atoms with Gasteiger partial charge in [-0.1, -0.05) is 47.8 Å². The maximum atomic E-state index is 11.5. The number of aryl methyl sites for hydroxylation is 1. The Morgan fingerprint density at radius 1 is 1.37 bits per heavy atom. The van der Waals surface area contributed by atoms with Gasteiger partial charge in [0, 0.05) is 6.04 Å². The second kappa shape index (κ2) is 6.92. The van der Waals surface area contributed by atoms with Crippen molar-refractivity contribution in [2.75, 3.05) is 6.61 Å². The number of hydrogen-bond donors (Lipinski definition) is 1. The lowest BCUT2D eigenvalue weighted by Gasteiger charge is -2.10. The zero-order chi connectivity index (χ0) is 13.5. The predicted molar refractivity (Wildman–Crippen MR) is 75.1 cm³/mol. The van der Waals surface area contributed by atoms with E-state index in [1.807, 2.05) is 31.2 Å². The Kier molecular flexibility index (Phi) is 4.95. The molecular weight excluding hydrogens is 240 g/mol. The minimum atomic E-state index is -0.0899. The highest BCUT2D eigenvalue weighted by atomic mass is 16.6. The van der Waals surface area contributed by atoms with E-state index in [1.165, 1.54) is 18.4 Å². The summed E-state index contributed by atoms with van der Waals surface area (Å²) in [5, 5.41) is 6.75. The number of benzene rings is 1. The van der Waals surface area contributed by atoms with E-state index in [0.717, 1.165) is 18.4 Å². The molecule has 19 heavy (non-hydrogen) atoms. The molecule has 0 radical (unpaired) electrons. The van der Waals surface area contributed by atoms with E-state index < -0.39 is 0 Å². The van der Waals surface area contributed by atoms with E-state index in [9.17, 15) is 4.79 Å². The fourth-order valence-corrected chi connectivity index (χ4v) is 2.19. The van der Waals surface area contributed by atoms with Crippen LogP contribution >= 0.6 is 0 Å². The Morgan fingerprint density at radius 2 is 2.05 bits per heavy atom. The molecule has 1 aromatic carbocycles. The summed E-state index contributed by atoms with van der Waals surface area (Å²) in [7, 11) is 0. The molecule has 4 heteroatoms. The number of oxime groups is 1. The average Bonchev–Trinajstić information content (AvgIpc) is 2.89. The highest BCUT2D eigenvalue weighted by Crippen LogP contribution is 2.17. The third-order valence-electron chi connectivity index (χ3n) is 3.27. The van der Waals surface area contributed by atoms with Crippen LogP contribution in [0.1, 0.15) is 36.8 Å². The van der Waals surface area contributed by atoms with Gasteiger partial charge in [-0.15, -0.1) is 0 Å². The predicted octanol–water partition coefficient (Wildman–Crippen LogP) is 2.40. The zero-order valence-corrected chi connectivity index (χ0v) is 11.3. The number of nitrogens with one attached hydrogen (secondary N) is 1. The molecule has 0 unspecified atom stereocenters. The van der Waals surface area contributed by atoms with Crippen LogP contribution in [0.3, 0.4) is 0 Å². The van der Waals surface area contributed by atoms with Crippen molar-refractivity contribution in [2.45, 2.75) is 38.6 Å². The standard InChI is InChI=1S/C15H20N2O2/c1-12-6-8-13(9-7-12)10-16-19-11-15(18)17-14-4-2-3-5-14/h6-10,14H,2-5,11H2,1H3,(H,17,18)/b16-10-. The summed E-state index contributed by atoms with van der Waals surface area (Å²) in [5.41, 5.74) is 2.16. The van der Waals surface area contributed by atoms with Crippen molar-refractivity contribution in [1.29, 1.82) is 0 Å². The number of carbonyl (C=O) groups excluding carboxylic acids is 1. The minimum absolute atomic E-state index is 0.0150. The van der Waals surface area contributed by atoms with Gasteiger partial charge in [0.2, 0.25) is 0 Å². The van der Waals surface area contributed by atoms with Gasteiger partial charge in [0.25, 0.3) is 5.91 Å². The Bertz CT molecular complexity index is 434. The number of nitrogens with zero attached hydrogens (tertiary/aromatic N) is 1. The molecule has 1 amide bonds. The highest BCUT2D eigenvalue weighted by Gasteiger charge is 2.16. The second-order valence-corrected chi connectivity index (χ2v) is 4.97. The monoisotopic (exact) mass is 260 g/mol. The zero-order valence-electron chi connectivity index (χ0n) is 11.3. The summed E-state index contributed by atoms with van der Waals surface area (Å²) in [6.07, 6.45) is 6.19. The maximum absolute atomic E-state index is 11.5. The summed E-state index contributed by atoms with van der Waals surface area (Å²) >= 11 is 0. The quantitative estimate of drug-likeness (QED) is 0.653. The van der Waals surface area contributed by atoms with Crippen LogP contribution in [0, 0.1) is 6.92 Å². The van der Waals surface area contributed by atoms with E-state index in [1.54, 1.807) is 6.21 Å². The van der Waals surface area contributed by atoms with E-state index in [4.69, 9.17) is 4.84 Å². The molecule has 0 spiro atoms. The Labute approximate surface area is 113 Å². The first kappa shape index (κ1) is 13.6. The normalized spacial score (nSPS) is 15.8. The Hall–Kier alpha value is -1.84. The molecule has 0 aromatic heterocycles. The second-order valence-electron chi connectivity index (χ2n) is 4.97. The van der Waals surface area contributed by atoms with Crippen molar-refractivity contribution in [3.8, 4) is 0 Å². The molecule has 4 nitrogen and oxygen atoms in total. The van der Waals surface area contributed by atoms with E-state index >= 15 is 0 Å². The van der Waals surface area contributed by atoms with Crippen LogP contribution in [0.25, 0.3) is 0 Å². The van der Waals surface area contributed by atoms with Gasteiger partial charge in [-0.3, -0.25) is 4.79 Å². The van der Waals surface area contributed by atoms with Crippen LogP contribution < -0.4 is 5.32 Å². The SMILES string of the molecule is Cc1ccc(/C=N\OCC(=O)NC2CCCC2)cc1. The molecule has 1 aromatic rings. The van der Waals surface area contributed by atoms with Gasteiger partial charge < -0.3 is 10.2 Å². The first-order chi connectivity index (χ1) is 9.24. The number of hydrogen-bond acceptors (Lipinski definition) is 3. The lowest BCUT2D eigenvalue weighted by atomic mass is 10.2. The molecule has 1 saturated carbocycles. The van der Waals surface area contributed by atoms with Crippen LogP contribution in [0.15, 0.2) is 29.4 Å². The molecule has 1 N–H and O–H groups in total. The van der Waals surface area contributed by atoms with Gasteiger partial charge in [-0.2, -0.15) is 0 Å². The van der Waals surface area contributed by atoms with Crippen molar-refractivity contribution in [3.05, 3.63) is 35.4 Å². The summed E-state index contributed by atoms with van der Waals surface area (Å²) < 4.78 is 0. The van der Waals surface area contributed by atoms with E-state index in [0.29, 0.717) is 6.04 Å². The van der Waals surface area contributed by atoms with Crippen LogP contribution in [-0.4, -0.2) is 24.8 Å². The van der Waals surface area contributed by atoms with Crippen LogP contribution in [0.2, 0.25) is 0 Å². The van der Waals surface area contributed by atoms with Crippen molar-refractivity contribution < 1.29 is 9.63 Å². The smallest absolute Gasteiger partial charge is 0.260 e. The van der Waals surface area contributed by atoms with Crippen LogP contribution in [0.4, 0.5) is 0 Å². The molecule has 0 aliphatic heterocycles. The molecule has 1 aliphatic carbocycles. The molecular formula is C15H20N2O2. The lowest BCUT2D eigenvalue weighted by molar-refractivity contribution is -0.126. The molecule has 2 rings (SSSR count). The highest BCUT2D eigenvalue weighted by molar-refractivity contribution is 5.80. The summed E-state index contributed by atoms with van der Waals surface area (Å²) in [6.45, 7) is 2.02. The molecule has 0 bridgehead atoms. The first-order valence-corrected chi connectivity index (χ1v) is 6.75. The Morgan fingerprint density at radius 3 is 2.74 bits per heavy atom. The molecule has 102 valence electrons. The largest absolute Gasteiger partial charge is 0.386 e. The summed E-state index contributed by atoms with van der Waals surface area (Å²) in [4.78, 5) is 16.5. The fourth-order valence-electron chi connectivity index (χ4n) is 2.19. The maximum Gasteiger partial charge on any atom is 0.260 e. The average molecular weight is 260 g/mol.